The van der Waals surface area contributed by atoms with Gasteiger partial charge in [0.2, 0.25) is 0 Å². The van der Waals surface area contributed by atoms with Gasteiger partial charge in [-0.2, -0.15) is 0 Å². The van der Waals surface area contributed by atoms with E-state index in [4.69, 9.17) is 19.3 Å². The molecule has 0 aliphatic heterocycles. The minimum Gasteiger partial charge on any atom is -0.508 e. The van der Waals surface area contributed by atoms with E-state index in [9.17, 15) is 4.79 Å². The number of benzene rings is 3. The number of ether oxygens (including phenoxy) is 3. The van der Waals surface area contributed by atoms with E-state index in [1.807, 2.05) is 43.3 Å². The van der Waals surface area contributed by atoms with Crippen LogP contribution in [0.15, 0.2) is 72.8 Å². The van der Waals surface area contributed by atoms with Gasteiger partial charge < -0.3 is 19.3 Å². The highest BCUT2D eigenvalue weighted by Gasteiger charge is 2.14. The maximum Gasteiger partial charge on any atom is 0.308 e. The van der Waals surface area contributed by atoms with E-state index < -0.39 is 0 Å². The molecule has 1 fully saturated rings. The third-order valence-corrected chi connectivity index (χ3v) is 9.36. The Hall–Kier alpha value is -3.31. The SMILES string of the molecule is CCC(C)c1ccc(O)cc1.CCC(C)c1ccc(OC(C)=O)cc1.CCC(C)c1ccc(OC(C)OCCC2CCCCC2)cc1. The highest BCUT2D eigenvalue weighted by Crippen LogP contribution is 2.27. The molecule has 47 heavy (non-hydrogen) atoms. The molecule has 0 bridgehead atoms. The lowest BCUT2D eigenvalue weighted by Gasteiger charge is -2.22. The number of esters is 1. The van der Waals surface area contributed by atoms with Crippen molar-refractivity contribution in [3.05, 3.63) is 89.5 Å². The average molecular weight is 647 g/mol. The first-order valence-electron chi connectivity index (χ1n) is 18.0. The summed E-state index contributed by atoms with van der Waals surface area (Å²) in [6.07, 6.45) is 11.4. The summed E-state index contributed by atoms with van der Waals surface area (Å²) in [6.45, 7) is 17.4. The van der Waals surface area contributed by atoms with Crippen molar-refractivity contribution in [3.63, 3.8) is 0 Å². The zero-order valence-electron chi connectivity index (χ0n) is 30.5. The Labute approximate surface area is 286 Å². The maximum atomic E-state index is 10.7. The van der Waals surface area contributed by atoms with E-state index in [0.717, 1.165) is 31.1 Å². The Morgan fingerprint density at radius 1 is 0.681 bits per heavy atom. The third-order valence-electron chi connectivity index (χ3n) is 9.36. The van der Waals surface area contributed by atoms with Gasteiger partial charge in [-0.1, -0.05) is 110 Å². The van der Waals surface area contributed by atoms with Crippen LogP contribution in [0, 0.1) is 5.92 Å². The van der Waals surface area contributed by atoms with Gasteiger partial charge in [0, 0.05) is 6.92 Å². The first kappa shape index (κ1) is 39.9. The fourth-order valence-electron chi connectivity index (χ4n) is 5.52. The predicted octanol–water partition coefficient (Wildman–Crippen LogP) is 11.9. The fraction of sp³-hybridized carbons (Fsp3) is 0.548. The molecule has 5 nitrogen and oxygen atoms in total. The van der Waals surface area contributed by atoms with Crippen molar-refractivity contribution in [1.82, 2.24) is 0 Å². The van der Waals surface area contributed by atoms with Crippen molar-refractivity contribution in [2.45, 2.75) is 137 Å². The zero-order valence-corrected chi connectivity index (χ0v) is 30.5. The molecule has 0 radical (unpaired) electrons. The monoisotopic (exact) mass is 646 g/mol. The molecule has 4 rings (SSSR count). The Balaban J connectivity index is 0.000000264. The van der Waals surface area contributed by atoms with Gasteiger partial charge in [-0.25, -0.2) is 0 Å². The predicted molar refractivity (Wildman–Crippen MR) is 196 cm³/mol. The van der Waals surface area contributed by atoms with Crippen LogP contribution in [0.3, 0.4) is 0 Å². The third kappa shape index (κ3) is 15.9. The minimum atomic E-state index is -0.277. The summed E-state index contributed by atoms with van der Waals surface area (Å²) in [5.74, 6) is 4.21. The van der Waals surface area contributed by atoms with Crippen molar-refractivity contribution in [3.8, 4) is 17.2 Å². The minimum absolute atomic E-state index is 0.168. The topological polar surface area (TPSA) is 65.0 Å². The normalized spacial score (nSPS) is 15.5. The molecule has 0 heterocycles. The fourth-order valence-corrected chi connectivity index (χ4v) is 5.52. The Kier molecular flexibility index (Phi) is 18.9. The summed E-state index contributed by atoms with van der Waals surface area (Å²) >= 11 is 0. The van der Waals surface area contributed by atoms with Gasteiger partial charge in [0.25, 0.3) is 0 Å². The number of phenolic OH excluding ortho intramolecular Hbond substituents is 1. The van der Waals surface area contributed by atoms with Gasteiger partial charge in [-0.3, -0.25) is 4.79 Å². The van der Waals surface area contributed by atoms with Crippen molar-refractivity contribution in [2.75, 3.05) is 6.61 Å². The molecule has 1 N–H and O–H groups in total. The summed E-state index contributed by atoms with van der Waals surface area (Å²) in [7, 11) is 0. The van der Waals surface area contributed by atoms with E-state index in [1.165, 1.54) is 68.6 Å². The Morgan fingerprint density at radius 3 is 1.53 bits per heavy atom. The van der Waals surface area contributed by atoms with Crippen LogP contribution in [-0.4, -0.2) is 24.0 Å². The molecule has 0 spiro atoms. The smallest absolute Gasteiger partial charge is 0.308 e. The lowest BCUT2D eigenvalue weighted by molar-refractivity contribution is -0.131. The molecule has 260 valence electrons. The van der Waals surface area contributed by atoms with Gasteiger partial charge in [0.15, 0.2) is 6.29 Å². The van der Waals surface area contributed by atoms with E-state index in [0.29, 0.717) is 29.3 Å². The van der Waals surface area contributed by atoms with Crippen molar-refractivity contribution in [1.29, 1.82) is 0 Å². The highest BCUT2D eigenvalue weighted by atomic mass is 16.7. The standard InChI is InChI=1S/C20H32O2.C12H16O2.C10H14O/c1-4-16(2)19-10-12-20(13-11-19)22-17(3)21-15-14-18-8-6-5-7-9-18;1-4-9(2)11-5-7-12(8-6-11)14-10(3)13;1-3-8(2)9-4-6-10(11)7-5-9/h10-13,16-18H,4-9,14-15H2,1-3H3;5-9H,4H2,1-3H3;4-8,11H,3H2,1-2H3. The van der Waals surface area contributed by atoms with Crippen LogP contribution >= 0.6 is 0 Å². The van der Waals surface area contributed by atoms with Crippen molar-refractivity contribution < 1.29 is 24.1 Å². The summed E-state index contributed by atoms with van der Waals surface area (Å²) in [5.41, 5.74) is 3.95. The molecule has 4 unspecified atom stereocenters. The van der Waals surface area contributed by atoms with E-state index in [1.54, 1.807) is 12.1 Å². The van der Waals surface area contributed by atoms with E-state index in [2.05, 4.69) is 65.8 Å². The second kappa shape index (κ2) is 22.3. The molecular weight excluding hydrogens is 584 g/mol. The quantitative estimate of drug-likeness (QED) is 0.114. The number of rotatable bonds is 13. The molecule has 3 aromatic carbocycles. The Bertz CT molecular complexity index is 1230. The second-order valence-corrected chi connectivity index (χ2v) is 13.1. The summed E-state index contributed by atoms with van der Waals surface area (Å²) in [5, 5.41) is 9.01. The van der Waals surface area contributed by atoms with Crippen LogP contribution in [0.25, 0.3) is 0 Å². The highest BCUT2D eigenvalue weighted by molar-refractivity contribution is 5.69. The Morgan fingerprint density at radius 2 is 1.11 bits per heavy atom. The first-order chi connectivity index (χ1) is 22.6. The van der Waals surface area contributed by atoms with Crippen LogP contribution < -0.4 is 9.47 Å². The molecule has 0 aromatic heterocycles. The van der Waals surface area contributed by atoms with Crippen molar-refractivity contribution in [2.24, 2.45) is 5.92 Å². The largest absolute Gasteiger partial charge is 0.508 e. The molecule has 3 aromatic rings. The number of phenols is 1. The lowest BCUT2D eigenvalue weighted by Crippen LogP contribution is -2.19. The van der Waals surface area contributed by atoms with E-state index in [-0.39, 0.29) is 12.3 Å². The van der Waals surface area contributed by atoms with Crippen LogP contribution in [0.1, 0.15) is 148 Å². The van der Waals surface area contributed by atoms with E-state index >= 15 is 0 Å². The van der Waals surface area contributed by atoms with Gasteiger partial charge in [0.05, 0.1) is 6.61 Å². The van der Waals surface area contributed by atoms with Gasteiger partial charge >= 0.3 is 5.97 Å². The molecule has 1 aliphatic carbocycles. The summed E-state index contributed by atoms with van der Waals surface area (Å²) < 4.78 is 16.6. The van der Waals surface area contributed by atoms with Gasteiger partial charge in [-0.15, -0.1) is 0 Å². The first-order valence-corrected chi connectivity index (χ1v) is 18.0. The number of carbonyl (C=O) groups excluding carboxylic acids is 1. The van der Waals surface area contributed by atoms with Gasteiger partial charge in [0.1, 0.15) is 17.2 Å². The molecule has 4 atom stereocenters. The number of hydrogen-bond acceptors (Lipinski definition) is 5. The second-order valence-electron chi connectivity index (χ2n) is 13.1. The van der Waals surface area contributed by atoms with Crippen LogP contribution in [0.5, 0.6) is 17.2 Å². The molecule has 5 heteroatoms. The lowest BCUT2D eigenvalue weighted by atomic mass is 9.87. The van der Waals surface area contributed by atoms with Crippen LogP contribution in [0.4, 0.5) is 0 Å². The van der Waals surface area contributed by atoms with Crippen LogP contribution in [0.2, 0.25) is 0 Å². The molecule has 1 aliphatic rings. The number of aromatic hydroxyl groups is 1. The zero-order chi connectivity index (χ0) is 34.6. The van der Waals surface area contributed by atoms with Crippen LogP contribution in [-0.2, 0) is 9.53 Å². The molecule has 0 amide bonds. The number of hydrogen-bond donors (Lipinski definition) is 1. The molecular formula is C42H62O5. The molecule has 0 saturated heterocycles. The van der Waals surface area contributed by atoms with Gasteiger partial charge in [-0.05, 0) is 109 Å². The number of carbonyl (C=O) groups is 1. The average Bonchev–Trinajstić information content (AvgIpc) is 3.09. The summed E-state index contributed by atoms with van der Waals surface area (Å²) in [6, 6.07) is 23.6. The molecule has 1 saturated carbocycles. The summed E-state index contributed by atoms with van der Waals surface area (Å²) in [4.78, 5) is 10.7. The maximum absolute atomic E-state index is 10.7. The van der Waals surface area contributed by atoms with Crippen molar-refractivity contribution >= 4 is 5.97 Å².